The number of nitro groups is 1. The number of nitro benzene ring substituents is 1. The van der Waals surface area contributed by atoms with E-state index in [2.05, 4.69) is 4.72 Å². The minimum absolute atomic E-state index is 0.0329. The minimum Gasteiger partial charge on any atom is -0.324 e. The second-order valence-corrected chi connectivity index (χ2v) is 9.76. The Morgan fingerprint density at radius 2 is 1.60 bits per heavy atom. The fraction of sp³-hybridized carbons (Fsp3) is 0.647. The van der Waals surface area contributed by atoms with Gasteiger partial charge in [-0.3, -0.25) is 10.1 Å². The zero-order valence-electron chi connectivity index (χ0n) is 13.9. The van der Waals surface area contributed by atoms with Crippen LogP contribution in [0.15, 0.2) is 29.2 Å². The number of sulfonamides is 1. The SMILES string of the molecule is NC1(CNS(=O)(=O)c2ccc([N+](=O)[O-])cc2)C2CC3CC(C2)CC1C3. The fourth-order valence-corrected chi connectivity index (χ4v) is 6.50. The van der Waals surface area contributed by atoms with Gasteiger partial charge >= 0.3 is 0 Å². The van der Waals surface area contributed by atoms with Gasteiger partial charge in [0.05, 0.1) is 9.82 Å². The van der Waals surface area contributed by atoms with Crippen LogP contribution in [0.2, 0.25) is 0 Å². The average molecular weight is 365 g/mol. The molecule has 0 heterocycles. The van der Waals surface area contributed by atoms with Crippen molar-refractivity contribution >= 4 is 15.7 Å². The highest BCUT2D eigenvalue weighted by atomic mass is 32.2. The molecule has 8 heteroatoms. The molecule has 0 radical (unpaired) electrons. The van der Waals surface area contributed by atoms with Crippen molar-refractivity contribution < 1.29 is 13.3 Å². The summed E-state index contributed by atoms with van der Waals surface area (Å²) in [6.45, 7) is 0.237. The van der Waals surface area contributed by atoms with Gasteiger partial charge < -0.3 is 5.73 Å². The lowest BCUT2D eigenvalue weighted by atomic mass is 9.49. The number of nitrogens with zero attached hydrogens (tertiary/aromatic N) is 1. The third kappa shape index (κ3) is 2.86. The first kappa shape index (κ1) is 16.9. The predicted octanol–water partition coefficient (Wildman–Crippen LogP) is 2.03. The van der Waals surface area contributed by atoms with Crippen LogP contribution in [0.5, 0.6) is 0 Å². The van der Waals surface area contributed by atoms with Crippen molar-refractivity contribution in [2.24, 2.45) is 29.4 Å². The Bertz CT molecular complexity index is 763. The van der Waals surface area contributed by atoms with E-state index in [0.29, 0.717) is 11.8 Å². The van der Waals surface area contributed by atoms with Crippen LogP contribution in [-0.4, -0.2) is 25.4 Å². The monoisotopic (exact) mass is 365 g/mol. The molecule has 7 nitrogen and oxygen atoms in total. The Hall–Kier alpha value is -1.51. The van der Waals surface area contributed by atoms with Crippen molar-refractivity contribution in [2.75, 3.05) is 6.54 Å². The molecule has 4 aliphatic carbocycles. The van der Waals surface area contributed by atoms with Crippen molar-refractivity contribution in [2.45, 2.75) is 42.5 Å². The van der Waals surface area contributed by atoms with E-state index in [1.807, 2.05) is 0 Å². The quantitative estimate of drug-likeness (QED) is 0.612. The lowest BCUT2D eigenvalue weighted by Crippen LogP contribution is -2.67. The van der Waals surface area contributed by atoms with Crippen molar-refractivity contribution in [3.05, 3.63) is 34.4 Å². The number of hydrogen-bond donors (Lipinski definition) is 2. The summed E-state index contributed by atoms with van der Waals surface area (Å²) >= 11 is 0. The maximum absolute atomic E-state index is 12.6. The molecule has 0 aromatic heterocycles. The molecule has 0 atom stereocenters. The molecule has 0 amide bonds. The molecule has 4 aliphatic rings. The first-order valence-corrected chi connectivity index (χ1v) is 10.3. The number of benzene rings is 1. The molecule has 0 aliphatic heterocycles. The summed E-state index contributed by atoms with van der Waals surface area (Å²) in [4.78, 5) is 10.2. The molecule has 25 heavy (non-hydrogen) atoms. The maximum Gasteiger partial charge on any atom is 0.269 e. The maximum atomic E-state index is 12.6. The van der Waals surface area contributed by atoms with Crippen LogP contribution >= 0.6 is 0 Å². The van der Waals surface area contributed by atoms with Gasteiger partial charge in [-0.1, -0.05) is 0 Å². The van der Waals surface area contributed by atoms with Crippen molar-refractivity contribution in [1.29, 1.82) is 0 Å². The number of hydrogen-bond acceptors (Lipinski definition) is 5. The van der Waals surface area contributed by atoms with E-state index in [0.717, 1.165) is 37.5 Å². The Labute approximate surface area is 147 Å². The van der Waals surface area contributed by atoms with Gasteiger partial charge in [-0.05, 0) is 67.9 Å². The number of rotatable bonds is 5. The molecule has 5 rings (SSSR count). The molecular weight excluding hydrogens is 342 g/mol. The molecule has 4 saturated carbocycles. The lowest BCUT2D eigenvalue weighted by molar-refractivity contribution is -0.384. The van der Waals surface area contributed by atoms with Crippen LogP contribution in [0.25, 0.3) is 0 Å². The van der Waals surface area contributed by atoms with E-state index < -0.39 is 20.5 Å². The summed E-state index contributed by atoms with van der Waals surface area (Å²) < 4.78 is 27.8. The van der Waals surface area contributed by atoms with E-state index in [1.165, 1.54) is 30.7 Å². The van der Waals surface area contributed by atoms with Crippen molar-refractivity contribution in [1.82, 2.24) is 4.72 Å². The highest BCUT2D eigenvalue weighted by Gasteiger charge is 2.55. The topological polar surface area (TPSA) is 115 Å². The molecule has 4 bridgehead atoms. The summed E-state index contributed by atoms with van der Waals surface area (Å²) in [6.07, 6.45) is 5.77. The summed E-state index contributed by atoms with van der Waals surface area (Å²) in [7, 11) is -3.73. The normalized spacial score (nSPS) is 36.5. The molecule has 4 fully saturated rings. The van der Waals surface area contributed by atoms with Gasteiger partial charge in [-0.15, -0.1) is 0 Å². The molecule has 0 spiro atoms. The van der Waals surface area contributed by atoms with Gasteiger partial charge in [0.2, 0.25) is 10.0 Å². The van der Waals surface area contributed by atoms with Gasteiger partial charge in [0, 0.05) is 24.2 Å². The van der Waals surface area contributed by atoms with Gasteiger partial charge in [-0.25, -0.2) is 13.1 Å². The van der Waals surface area contributed by atoms with Gasteiger partial charge in [0.1, 0.15) is 0 Å². The summed E-state index contributed by atoms with van der Waals surface area (Å²) in [5.41, 5.74) is 6.12. The van der Waals surface area contributed by atoms with Crippen molar-refractivity contribution in [3.63, 3.8) is 0 Å². The molecular formula is C17H23N3O4S. The number of non-ortho nitro benzene ring substituents is 1. The van der Waals surface area contributed by atoms with Crippen LogP contribution in [0.3, 0.4) is 0 Å². The third-order valence-corrected chi connectivity index (χ3v) is 8.00. The van der Waals surface area contributed by atoms with Crippen molar-refractivity contribution in [3.8, 4) is 0 Å². The first-order valence-electron chi connectivity index (χ1n) is 8.81. The second-order valence-electron chi connectivity index (χ2n) is 7.99. The second kappa shape index (κ2) is 5.75. The minimum atomic E-state index is -3.73. The van der Waals surface area contributed by atoms with Crippen LogP contribution in [-0.2, 0) is 10.0 Å². The predicted molar refractivity (Wildman–Crippen MR) is 92.2 cm³/mol. The van der Waals surface area contributed by atoms with Gasteiger partial charge in [0.15, 0.2) is 0 Å². The van der Waals surface area contributed by atoms with Gasteiger partial charge in [-0.2, -0.15) is 0 Å². The van der Waals surface area contributed by atoms with E-state index >= 15 is 0 Å². The molecule has 1 aromatic carbocycles. The Morgan fingerprint density at radius 3 is 2.08 bits per heavy atom. The number of nitrogens with two attached hydrogens (primary N) is 1. The van der Waals surface area contributed by atoms with E-state index in [4.69, 9.17) is 5.73 Å². The number of nitrogens with one attached hydrogen (secondary N) is 1. The van der Waals surface area contributed by atoms with E-state index in [1.54, 1.807) is 0 Å². The Kier molecular flexibility index (Phi) is 3.90. The standard InChI is InChI=1S/C17H23N3O4S/c18-17(13-6-11-5-12(8-13)9-14(17)7-11)10-19-25(23,24)16-3-1-15(2-4-16)20(21)22/h1-4,11-14,19H,5-10,18H2. The zero-order chi connectivity index (χ0) is 17.8. The molecule has 3 N–H and O–H groups in total. The molecule has 1 aromatic rings. The highest BCUT2D eigenvalue weighted by Crippen LogP contribution is 2.57. The van der Waals surface area contributed by atoms with Gasteiger partial charge in [0.25, 0.3) is 5.69 Å². The lowest BCUT2D eigenvalue weighted by Gasteiger charge is -2.59. The molecule has 0 unspecified atom stereocenters. The molecule has 0 saturated heterocycles. The fourth-order valence-electron chi connectivity index (χ4n) is 5.40. The largest absolute Gasteiger partial charge is 0.324 e. The summed E-state index contributed by atoms with van der Waals surface area (Å²) in [5.74, 6) is 2.32. The molecule has 136 valence electrons. The van der Waals surface area contributed by atoms with Crippen LogP contribution in [0, 0.1) is 33.8 Å². The zero-order valence-corrected chi connectivity index (χ0v) is 14.7. The van der Waals surface area contributed by atoms with Crippen LogP contribution < -0.4 is 10.5 Å². The Morgan fingerprint density at radius 1 is 1.08 bits per heavy atom. The van der Waals surface area contributed by atoms with E-state index in [-0.39, 0.29) is 17.1 Å². The van der Waals surface area contributed by atoms with Crippen LogP contribution in [0.4, 0.5) is 5.69 Å². The first-order chi connectivity index (χ1) is 11.8. The summed E-state index contributed by atoms with van der Waals surface area (Å²) in [6, 6.07) is 4.94. The van der Waals surface area contributed by atoms with E-state index in [9.17, 15) is 18.5 Å². The third-order valence-electron chi connectivity index (χ3n) is 6.58. The highest BCUT2D eigenvalue weighted by molar-refractivity contribution is 7.89. The Balaban J connectivity index is 1.49. The summed E-state index contributed by atoms with van der Waals surface area (Å²) in [5, 5.41) is 10.7. The van der Waals surface area contributed by atoms with Crippen LogP contribution in [0.1, 0.15) is 32.1 Å². The smallest absolute Gasteiger partial charge is 0.269 e. The average Bonchev–Trinajstić information content (AvgIpc) is 2.57.